The summed E-state index contributed by atoms with van der Waals surface area (Å²) in [5, 5.41) is 3.56. The lowest BCUT2D eigenvalue weighted by molar-refractivity contribution is -0.119. The third kappa shape index (κ3) is 3.92. The molecule has 136 valence electrons. The van der Waals surface area contributed by atoms with Crippen LogP contribution in [0, 0.1) is 0 Å². The number of amides is 1. The number of carbonyl (C=O) groups is 1. The number of primary amides is 1. The number of rotatable bonds is 7. The second-order valence-corrected chi connectivity index (χ2v) is 5.96. The summed E-state index contributed by atoms with van der Waals surface area (Å²) in [6.07, 6.45) is 0. The van der Waals surface area contributed by atoms with Crippen molar-refractivity contribution in [3.05, 3.63) is 51.4 Å². The Morgan fingerprint density at radius 1 is 1.23 bits per heavy atom. The van der Waals surface area contributed by atoms with Crippen LogP contribution in [0.1, 0.15) is 5.56 Å². The van der Waals surface area contributed by atoms with Gasteiger partial charge in [-0.05, 0) is 35.9 Å². The number of H-pyrrole nitrogens is 2. The van der Waals surface area contributed by atoms with Gasteiger partial charge < -0.3 is 30.5 Å². The summed E-state index contributed by atoms with van der Waals surface area (Å²) < 4.78 is 10.6. The van der Waals surface area contributed by atoms with Gasteiger partial charge in [0.2, 0.25) is 0 Å². The molecule has 0 aliphatic heterocycles. The molecule has 2 aromatic carbocycles. The molecule has 0 aliphatic rings. The van der Waals surface area contributed by atoms with Crippen LogP contribution in [0.25, 0.3) is 11.0 Å². The lowest BCUT2D eigenvalue weighted by atomic mass is 10.2. The van der Waals surface area contributed by atoms with Gasteiger partial charge in [0.1, 0.15) is 0 Å². The van der Waals surface area contributed by atoms with E-state index in [1.807, 2.05) is 18.2 Å². The van der Waals surface area contributed by atoms with E-state index in [1.54, 1.807) is 12.1 Å². The van der Waals surface area contributed by atoms with Crippen molar-refractivity contribution in [2.45, 2.75) is 6.54 Å². The highest BCUT2D eigenvalue weighted by Crippen LogP contribution is 2.36. The van der Waals surface area contributed by atoms with Gasteiger partial charge in [-0.25, -0.2) is 4.79 Å². The first kappa shape index (κ1) is 17.7. The molecule has 8 nitrogen and oxygen atoms in total. The minimum Gasteiger partial charge on any atom is -0.493 e. The maximum Gasteiger partial charge on any atom is 0.323 e. The van der Waals surface area contributed by atoms with Crippen molar-refractivity contribution in [3.63, 3.8) is 0 Å². The molecule has 1 amide bonds. The molecule has 3 rings (SSSR count). The van der Waals surface area contributed by atoms with Gasteiger partial charge in [-0.3, -0.25) is 4.79 Å². The lowest BCUT2D eigenvalue weighted by Crippen LogP contribution is -2.20. The molecular formula is C17H17ClN4O4. The molecule has 0 saturated carbocycles. The van der Waals surface area contributed by atoms with Crippen LogP contribution in [0.15, 0.2) is 35.1 Å². The topological polar surface area (TPSA) is 122 Å². The quantitative estimate of drug-likeness (QED) is 0.502. The van der Waals surface area contributed by atoms with Crippen molar-refractivity contribution in [2.24, 2.45) is 5.73 Å². The van der Waals surface area contributed by atoms with E-state index in [9.17, 15) is 9.59 Å². The van der Waals surface area contributed by atoms with E-state index in [4.69, 9.17) is 26.8 Å². The van der Waals surface area contributed by atoms with Gasteiger partial charge in [0.25, 0.3) is 5.91 Å². The molecule has 1 heterocycles. The van der Waals surface area contributed by atoms with E-state index in [0.29, 0.717) is 22.8 Å². The van der Waals surface area contributed by atoms with Crippen LogP contribution in [0.2, 0.25) is 5.02 Å². The number of fused-ring (bicyclic) bond motifs is 1. The SMILES string of the molecule is COc1cc(CNc2ccc3[nH]c(=O)[nH]c3c2)cc(Cl)c1OCC(N)=O. The third-order valence-electron chi connectivity index (χ3n) is 3.66. The average Bonchev–Trinajstić information content (AvgIpc) is 2.97. The molecule has 0 aliphatic carbocycles. The van der Waals surface area contributed by atoms with Crippen LogP contribution in [-0.4, -0.2) is 29.6 Å². The van der Waals surface area contributed by atoms with Gasteiger partial charge in [0, 0.05) is 12.2 Å². The van der Waals surface area contributed by atoms with Gasteiger partial charge in [0.15, 0.2) is 18.1 Å². The van der Waals surface area contributed by atoms with Crippen LogP contribution in [0.5, 0.6) is 11.5 Å². The number of nitrogens with two attached hydrogens (primary N) is 1. The average molecular weight is 377 g/mol. The zero-order valence-corrected chi connectivity index (χ0v) is 14.6. The van der Waals surface area contributed by atoms with Crippen LogP contribution in [0.4, 0.5) is 5.69 Å². The standard InChI is InChI=1S/C17H17ClN4O4/c1-25-14-5-9(4-11(18)16(14)26-8-15(19)23)7-20-10-2-3-12-13(6-10)22-17(24)21-12/h2-6,20H,7-8H2,1H3,(H2,19,23)(H2,21,22,24). The first-order valence-corrected chi connectivity index (χ1v) is 8.07. The molecule has 9 heteroatoms. The summed E-state index contributed by atoms with van der Waals surface area (Å²) in [5.74, 6) is 0.0658. The number of hydrogen-bond donors (Lipinski definition) is 4. The molecule has 0 bridgehead atoms. The van der Waals surface area contributed by atoms with Crippen molar-refractivity contribution in [3.8, 4) is 11.5 Å². The second-order valence-electron chi connectivity index (χ2n) is 5.56. The zero-order chi connectivity index (χ0) is 18.7. The minimum absolute atomic E-state index is 0.250. The van der Waals surface area contributed by atoms with Crippen LogP contribution >= 0.6 is 11.6 Å². The van der Waals surface area contributed by atoms with Gasteiger partial charge in [0.05, 0.1) is 23.2 Å². The Hall–Kier alpha value is -3.13. The molecule has 0 spiro atoms. The van der Waals surface area contributed by atoms with Crippen molar-refractivity contribution >= 4 is 34.2 Å². The molecule has 26 heavy (non-hydrogen) atoms. The number of benzene rings is 2. The van der Waals surface area contributed by atoms with Crippen LogP contribution in [0.3, 0.4) is 0 Å². The molecule has 0 radical (unpaired) electrons. The van der Waals surface area contributed by atoms with Crippen molar-refractivity contribution in [1.29, 1.82) is 0 Å². The number of halogens is 1. The van der Waals surface area contributed by atoms with E-state index in [1.165, 1.54) is 7.11 Å². The van der Waals surface area contributed by atoms with Crippen molar-refractivity contribution in [1.82, 2.24) is 9.97 Å². The normalized spacial score (nSPS) is 10.7. The molecule has 0 fully saturated rings. The van der Waals surface area contributed by atoms with E-state index in [-0.39, 0.29) is 18.0 Å². The summed E-state index contributed by atoms with van der Waals surface area (Å²) in [6.45, 7) is 0.175. The summed E-state index contributed by atoms with van der Waals surface area (Å²) in [7, 11) is 1.48. The predicted molar refractivity (Wildman–Crippen MR) is 98.9 cm³/mol. The highest BCUT2D eigenvalue weighted by Gasteiger charge is 2.13. The Kier molecular flexibility index (Phi) is 5.04. The predicted octanol–water partition coefficient (Wildman–Crippen LogP) is 1.99. The first-order valence-electron chi connectivity index (χ1n) is 7.69. The number of aromatic nitrogens is 2. The maximum atomic E-state index is 11.3. The molecule has 0 saturated heterocycles. The molecule has 1 aromatic heterocycles. The monoisotopic (exact) mass is 376 g/mol. The van der Waals surface area contributed by atoms with Crippen LogP contribution < -0.4 is 26.2 Å². The fraction of sp³-hybridized carbons (Fsp3) is 0.176. The van der Waals surface area contributed by atoms with Gasteiger partial charge in [-0.15, -0.1) is 0 Å². The maximum absolute atomic E-state index is 11.3. The molecule has 0 unspecified atom stereocenters. The fourth-order valence-electron chi connectivity index (χ4n) is 2.51. The number of carbonyl (C=O) groups excluding carboxylic acids is 1. The van der Waals surface area contributed by atoms with Crippen molar-refractivity contribution < 1.29 is 14.3 Å². The third-order valence-corrected chi connectivity index (χ3v) is 3.94. The fourth-order valence-corrected chi connectivity index (χ4v) is 2.79. The Bertz CT molecular complexity index is 1010. The number of ether oxygens (including phenoxy) is 2. The van der Waals surface area contributed by atoms with Gasteiger partial charge in [-0.1, -0.05) is 11.6 Å². The largest absolute Gasteiger partial charge is 0.493 e. The second kappa shape index (κ2) is 7.40. The lowest BCUT2D eigenvalue weighted by Gasteiger charge is -2.14. The van der Waals surface area contributed by atoms with Crippen molar-refractivity contribution in [2.75, 3.05) is 19.0 Å². The Labute approximate surface area is 153 Å². The molecule has 5 N–H and O–H groups in total. The smallest absolute Gasteiger partial charge is 0.323 e. The van der Waals surface area contributed by atoms with E-state index < -0.39 is 5.91 Å². The Balaban J connectivity index is 1.77. The van der Waals surface area contributed by atoms with E-state index in [0.717, 1.165) is 16.8 Å². The number of imidazole rings is 1. The first-order chi connectivity index (χ1) is 12.5. The highest BCUT2D eigenvalue weighted by atomic mass is 35.5. The Morgan fingerprint density at radius 2 is 2.00 bits per heavy atom. The summed E-state index contributed by atoms with van der Waals surface area (Å²) in [4.78, 5) is 27.6. The highest BCUT2D eigenvalue weighted by molar-refractivity contribution is 6.32. The molecular weight excluding hydrogens is 360 g/mol. The number of methoxy groups -OCH3 is 1. The zero-order valence-electron chi connectivity index (χ0n) is 13.9. The summed E-state index contributed by atoms with van der Waals surface area (Å²) in [5.41, 5.74) is 7.96. The molecule has 0 atom stereocenters. The minimum atomic E-state index is -0.605. The number of anilines is 1. The van der Waals surface area contributed by atoms with Crippen LogP contribution in [-0.2, 0) is 11.3 Å². The van der Waals surface area contributed by atoms with Gasteiger partial charge in [-0.2, -0.15) is 0 Å². The van der Waals surface area contributed by atoms with E-state index in [2.05, 4.69) is 15.3 Å². The van der Waals surface area contributed by atoms with E-state index >= 15 is 0 Å². The Morgan fingerprint density at radius 3 is 2.73 bits per heavy atom. The summed E-state index contributed by atoms with van der Waals surface area (Å²) in [6, 6.07) is 8.96. The molecule has 3 aromatic rings. The summed E-state index contributed by atoms with van der Waals surface area (Å²) >= 11 is 6.23. The number of nitrogens with one attached hydrogen (secondary N) is 3. The number of aromatic amines is 2. The van der Waals surface area contributed by atoms with Gasteiger partial charge >= 0.3 is 5.69 Å². The number of hydrogen-bond acceptors (Lipinski definition) is 5.